The van der Waals surface area contributed by atoms with E-state index in [1.807, 2.05) is 6.92 Å². The van der Waals surface area contributed by atoms with Crippen molar-refractivity contribution in [2.24, 2.45) is 5.73 Å². The lowest BCUT2D eigenvalue weighted by molar-refractivity contribution is 0.295. The van der Waals surface area contributed by atoms with Gasteiger partial charge in [-0.25, -0.2) is 0 Å². The lowest BCUT2D eigenvalue weighted by Crippen LogP contribution is -1.97. The summed E-state index contributed by atoms with van der Waals surface area (Å²) in [4.78, 5) is 0. The maximum absolute atomic E-state index is 7.88. The van der Waals surface area contributed by atoms with E-state index in [1.165, 1.54) is 89.9 Å². The van der Waals surface area contributed by atoms with Crippen LogP contribution in [0.5, 0.6) is 0 Å². The van der Waals surface area contributed by atoms with Crippen LogP contribution >= 0.6 is 0 Å². The molecule has 0 saturated heterocycles. The normalized spacial score (nSPS) is 10.8. The molecule has 0 fully saturated rings. The highest BCUT2D eigenvalue weighted by atomic mass is 16.2. The van der Waals surface area contributed by atoms with Gasteiger partial charge in [-0.2, -0.15) is 0 Å². The Balaban J connectivity index is 0. The van der Waals surface area contributed by atoms with E-state index in [0.29, 0.717) is 6.61 Å². The summed E-state index contributed by atoms with van der Waals surface area (Å²) >= 11 is 0. The molecule has 23 heavy (non-hydrogen) atoms. The first-order valence-corrected chi connectivity index (χ1v) is 10.3. The molecule has 0 saturated carbocycles. The summed E-state index contributed by atoms with van der Waals surface area (Å²) in [6, 6.07) is 0. The summed E-state index contributed by atoms with van der Waals surface area (Å²) in [7, 11) is 0. The number of rotatable bonds is 16. The van der Waals surface area contributed by atoms with Crippen LogP contribution in [0.15, 0.2) is 12.2 Å². The summed E-state index contributed by atoms with van der Waals surface area (Å²) in [5.74, 6) is 0. The summed E-state index contributed by atoms with van der Waals surface area (Å²) in [5, 5.41) is 7.88. The Morgan fingerprint density at radius 1 is 0.609 bits per heavy atom. The Morgan fingerprint density at radius 2 is 1.00 bits per heavy atom. The Labute approximate surface area is 146 Å². The number of allylic oxidation sites excluding steroid dienone is 2. The van der Waals surface area contributed by atoms with Crippen LogP contribution in [0.3, 0.4) is 0 Å². The molecule has 0 aliphatic heterocycles. The quantitative estimate of drug-likeness (QED) is 0.255. The van der Waals surface area contributed by atoms with Crippen LogP contribution in [-0.2, 0) is 0 Å². The van der Waals surface area contributed by atoms with Gasteiger partial charge in [0.25, 0.3) is 0 Å². The number of unbranched alkanes of at least 4 members (excludes halogenated alkanes) is 12. The van der Waals surface area contributed by atoms with Gasteiger partial charge in [0.15, 0.2) is 0 Å². The van der Waals surface area contributed by atoms with Crippen LogP contribution in [0, 0.1) is 0 Å². The van der Waals surface area contributed by atoms with E-state index in [2.05, 4.69) is 19.1 Å². The second-order valence-electron chi connectivity index (χ2n) is 6.45. The van der Waals surface area contributed by atoms with E-state index in [4.69, 9.17) is 10.8 Å². The van der Waals surface area contributed by atoms with Gasteiger partial charge in [-0.15, -0.1) is 0 Å². The third-order valence-corrected chi connectivity index (χ3v) is 3.94. The molecule has 2 nitrogen and oxygen atoms in total. The average molecular weight is 328 g/mol. The molecule has 0 unspecified atom stereocenters. The van der Waals surface area contributed by atoms with E-state index in [1.54, 1.807) is 0 Å². The van der Waals surface area contributed by atoms with E-state index in [0.717, 1.165) is 13.0 Å². The molecule has 0 heterocycles. The second-order valence-corrected chi connectivity index (χ2v) is 6.45. The molecule has 140 valence electrons. The van der Waals surface area contributed by atoms with Gasteiger partial charge in [0, 0.05) is 6.61 Å². The van der Waals surface area contributed by atoms with E-state index in [9.17, 15) is 0 Å². The van der Waals surface area contributed by atoms with Crippen LogP contribution in [0.2, 0.25) is 0 Å². The Morgan fingerprint density at radius 3 is 1.39 bits per heavy atom. The third kappa shape index (κ3) is 30.2. The topological polar surface area (TPSA) is 46.2 Å². The SMILES string of the molecule is CCCCCCCC/C=C\CCCCCCCCN.CCCO. The minimum absolute atomic E-state index is 0.319. The summed E-state index contributed by atoms with van der Waals surface area (Å²) in [5.41, 5.74) is 5.47. The summed E-state index contributed by atoms with van der Waals surface area (Å²) in [6.07, 6.45) is 24.8. The van der Waals surface area contributed by atoms with Gasteiger partial charge in [-0.1, -0.05) is 83.8 Å². The van der Waals surface area contributed by atoms with Crippen molar-refractivity contribution in [3.63, 3.8) is 0 Å². The van der Waals surface area contributed by atoms with Crippen molar-refractivity contribution in [3.05, 3.63) is 12.2 Å². The molecule has 0 bridgehead atoms. The molecule has 0 atom stereocenters. The molecule has 0 rings (SSSR count). The largest absolute Gasteiger partial charge is 0.396 e. The molecular formula is C21H45NO. The number of aliphatic hydroxyl groups excluding tert-OH is 1. The fourth-order valence-corrected chi connectivity index (χ4v) is 2.39. The van der Waals surface area contributed by atoms with Crippen molar-refractivity contribution in [1.82, 2.24) is 0 Å². The van der Waals surface area contributed by atoms with Crippen LogP contribution in [-0.4, -0.2) is 18.3 Å². The van der Waals surface area contributed by atoms with Crippen molar-refractivity contribution in [2.45, 2.75) is 110 Å². The smallest absolute Gasteiger partial charge is 0.0428 e. The van der Waals surface area contributed by atoms with Crippen LogP contribution < -0.4 is 5.73 Å². The predicted molar refractivity (Wildman–Crippen MR) is 106 cm³/mol. The first kappa shape index (κ1) is 24.9. The predicted octanol–water partition coefficient (Wildman–Crippen LogP) is 6.37. The molecule has 0 aromatic carbocycles. The molecule has 3 N–H and O–H groups in total. The van der Waals surface area contributed by atoms with Crippen LogP contribution in [0.4, 0.5) is 0 Å². The van der Waals surface area contributed by atoms with Crippen molar-refractivity contribution in [1.29, 1.82) is 0 Å². The lowest BCUT2D eigenvalue weighted by Gasteiger charge is -1.99. The third-order valence-electron chi connectivity index (χ3n) is 3.94. The molecule has 0 aromatic rings. The first-order chi connectivity index (χ1) is 11.3. The lowest BCUT2D eigenvalue weighted by atomic mass is 10.1. The molecule has 0 aliphatic carbocycles. The fraction of sp³-hybridized carbons (Fsp3) is 0.905. The number of aliphatic hydroxyl groups is 1. The zero-order valence-electron chi connectivity index (χ0n) is 16.2. The minimum Gasteiger partial charge on any atom is -0.396 e. The molecular weight excluding hydrogens is 282 g/mol. The maximum Gasteiger partial charge on any atom is 0.0428 e. The second kappa shape index (κ2) is 26.6. The van der Waals surface area contributed by atoms with E-state index >= 15 is 0 Å². The Kier molecular flexibility index (Phi) is 28.8. The van der Waals surface area contributed by atoms with Gasteiger partial charge in [0.2, 0.25) is 0 Å². The molecule has 0 spiro atoms. The van der Waals surface area contributed by atoms with E-state index < -0.39 is 0 Å². The molecule has 0 aromatic heterocycles. The van der Waals surface area contributed by atoms with Gasteiger partial charge in [-0.3, -0.25) is 0 Å². The highest BCUT2D eigenvalue weighted by molar-refractivity contribution is 4.81. The van der Waals surface area contributed by atoms with E-state index in [-0.39, 0.29) is 0 Å². The molecule has 0 radical (unpaired) electrons. The minimum atomic E-state index is 0.319. The van der Waals surface area contributed by atoms with Crippen molar-refractivity contribution in [3.8, 4) is 0 Å². The monoisotopic (exact) mass is 327 g/mol. The highest BCUT2D eigenvalue weighted by Gasteiger charge is 1.90. The van der Waals surface area contributed by atoms with Gasteiger partial charge < -0.3 is 10.8 Å². The number of hydrogen-bond donors (Lipinski definition) is 2. The fourth-order valence-electron chi connectivity index (χ4n) is 2.39. The van der Waals surface area contributed by atoms with Gasteiger partial charge in [0.05, 0.1) is 0 Å². The van der Waals surface area contributed by atoms with Crippen molar-refractivity contribution in [2.75, 3.05) is 13.2 Å². The maximum atomic E-state index is 7.88. The van der Waals surface area contributed by atoms with Gasteiger partial charge in [0.1, 0.15) is 0 Å². The zero-order valence-corrected chi connectivity index (χ0v) is 16.2. The molecule has 0 amide bonds. The van der Waals surface area contributed by atoms with Crippen LogP contribution in [0.1, 0.15) is 110 Å². The average Bonchev–Trinajstić information content (AvgIpc) is 2.58. The number of hydrogen-bond acceptors (Lipinski definition) is 2. The highest BCUT2D eigenvalue weighted by Crippen LogP contribution is 2.09. The Bertz CT molecular complexity index is 202. The van der Waals surface area contributed by atoms with Crippen molar-refractivity contribution < 1.29 is 5.11 Å². The van der Waals surface area contributed by atoms with Gasteiger partial charge in [-0.05, 0) is 45.1 Å². The first-order valence-electron chi connectivity index (χ1n) is 10.3. The molecule has 2 heteroatoms. The standard InChI is InChI=1S/C18H37N.C3H8O/c1-2-3-4-5-6-7-8-9-10-11-12-13-14-15-16-17-18-19;1-2-3-4/h9-10H,2-8,11-19H2,1H3;4H,2-3H2,1H3/b10-9-;. The number of nitrogens with two attached hydrogens (primary N) is 1. The Hall–Kier alpha value is -0.340. The molecule has 0 aliphatic rings. The zero-order chi connectivity index (χ0) is 17.4. The summed E-state index contributed by atoms with van der Waals surface area (Å²) in [6.45, 7) is 5.39. The summed E-state index contributed by atoms with van der Waals surface area (Å²) < 4.78 is 0. The van der Waals surface area contributed by atoms with Crippen LogP contribution in [0.25, 0.3) is 0 Å². The van der Waals surface area contributed by atoms with Crippen molar-refractivity contribution >= 4 is 0 Å². The van der Waals surface area contributed by atoms with Gasteiger partial charge >= 0.3 is 0 Å².